The second kappa shape index (κ2) is 6.10. The molecule has 2 aliphatic heterocycles. The third-order valence-corrected chi connectivity index (χ3v) is 5.94. The Labute approximate surface area is 128 Å². The molecule has 0 bridgehead atoms. The van der Waals surface area contributed by atoms with Crippen molar-refractivity contribution in [3.05, 3.63) is 34.9 Å². The lowest BCUT2D eigenvalue weighted by Gasteiger charge is -2.41. The lowest BCUT2D eigenvalue weighted by Crippen LogP contribution is -2.41. The number of nitrogens with one attached hydrogen (secondary N) is 1. The molecule has 0 amide bonds. The van der Waals surface area contributed by atoms with E-state index in [0.717, 1.165) is 31.5 Å². The number of nitrogens with zero attached hydrogens (tertiary/aromatic N) is 1. The van der Waals surface area contributed by atoms with Gasteiger partial charge in [-0.1, -0.05) is 37.5 Å². The molecule has 2 nitrogen and oxygen atoms in total. The van der Waals surface area contributed by atoms with Crippen molar-refractivity contribution in [2.75, 3.05) is 19.6 Å². The van der Waals surface area contributed by atoms with Gasteiger partial charge < -0.3 is 5.32 Å². The molecule has 2 heteroatoms. The fourth-order valence-corrected chi connectivity index (χ4v) is 4.71. The number of rotatable bonds is 2. The van der Waals surface area contributed by atoms with Crippen LogP contribution in [-0.2, 0) is 19.5 Å². The van der Waals surface area contributed by atoms with Crippen molar-refractivity contribution in [1.29, 1.82) is 0 Å². The summed E-state index contributed by atoms with van der Waals surface area (Å²) in [4.78, 5) is 2.71. The molecular weight excluding hydrogens is 256 g/mol. The average molecular weight is 284 g/mol. The number of likely N-dealkylation sites (tertiary alicyclic amines) is 1. The molecule has 1 aliphatic carbocycles. The molecule has 0 radical (unpaired) electrons. The Morgan fingerprint density at radius 2 is 1.95 bits per heavy atom. The molecular formula is C19H28N2. The highest BCUT2D eigenvalue weighted by Crippen LogP contribution is 2.36. The second-order valence-electron chi connectivity index (χ2n) is 7.36. The summed E-state index contributed by atoms with van der Waals surface area (Å²) in [5, 5.41) is 3.50. The molecule has 0 spiro atoms. The van der Waals surface area contributed by atoms with Crippen LogP contribution in [0.4, 0.5) is 0 Å². The Morgan fingerprint density at radius 1 is 1.05 bits per heavy atom. The molecule has 2 fully saturated rings. The molecule has 3 aliphatic rings. The van der Waals surface area contributed by atoms with Gasteiger partial charge in [-0.25, -0.2) is 0 Å². The predicted molar refractivity (Wildman–Crippen MR) is 87.2 cm³/mol. The van der Waals surface area contributed by atoms with Gasteiger partial charge in [0.05, 0.1) is 0 Å². The van der Waals surface area contributed by atoms with Crippen LogP contribution in [0.25, 0.3) is 0 Å². The van der Waals surface area contributed by atoms with E-state index in [2.05, 4.69) is 28.4 Å². The lowest BCUT2D eigenvalue weighted by atomic mass is 9.75. The molecule has 2 atom stereocenters. The Bertz CT molecular complexity index is 496. The zero-order valence-corrected chi connectivity index (χ0v) is 13.1. The quantitative estimate of drug-likeness (QED) is 0.896. The van der Waals surface area contributed by atoms with Gasteiger partial charge in [0.1, 0.15) is 0 Å². The van der Waals surface area contributed by atoms with Crippen LogP contribution in [0.5, 0.6) is 0 Å². The third kappa shape index (κ3) is 3.02. The van der Waals surface area contributed by atoms with E-state index < -0.39 is 0 Å². The summed E-state index contributed by atoms with van der Waals surface area (Å²) < 4.78 is 0. The van der Waals surface area contributed by atoms with Crippen LogP contribution in [0.2, 0.25) is 0 Å². The molecule has 0 aromatic heterocycles. The van der Waals surface area contributed by atoms with Crippen molar-refractivity contribution in [2.45, 2.75) is 51.6 Å². The maximum absolute atomic E-state index is 3.50. The van der Waals surface area contributed by atoms with Gasteiger partial charge in [-0.2, -0.15) is 0 Å². The fraction of sp³-hybridized carbons (Fsp3) is 0.684. The average Bonchev–Trinajstić information content (AvgIpc) is 2.55. The Morgan fingerprint density at radius 3 is 2.90 bits per heavy atom. The Kier molecular flexibility index (Phi) is 4.00. The summed E-state index contributed by atoms with van der Waals surface area (Å²) in [6, 6.07) is 7.20. The van der Waals surface area contributed by atoms with E-state index >= 15 is 0 Å². The lowest BCUT2D eigenvalue weighted by molar-refractivity contribution is 0.0820. The van der Waals surface area contributed by atoms with E-state index in [0.29, 0.717) is 0 Å². The van der Waals surface area contributed by atoms with Crippen LogP contribution in [-0.4, -0.2) is 24.5 Å². The molecule has 1 N–H and O–H groups in total. The van der Waals surface area contributed by atoms with Crippen molar-refractivity contribution in [2.24, 2.45) is 11.8 Å². The zero-order valence-electron chi connectivity index (χ0n) is 13.1. The largest absolute Gasteiger partial charge is 0.312 e. The smallest absolute Gasteiger partial charge is 0.0233 e. The topological polar surface area (TPSA) is 15.3 Å². The van der Waals surface area contributed by atoms with Gasteiger partial charge in [-0.05, 0) is 60.9 Å². The van der Waals surface area contributed by atoms with Gasteiger partial charge in [0, 0.05) is 19.6 Å². The van der Waals surface area contributed by atoms with Crippen LogP contribution in [0, 0.1) is 11.8 Å². The molecule has 2 unspecified atom stereocenters. The molecule has 21 heavy (non-hydrogen) atoms. The highest BCUT2D eigenvalue weighted by Gasteiger charge is 2.30. The van der Waals surface area contributed by atoms with Crippen LogP contribution < -0.4 is 5.32 Å². The standard InChI is InChI=1S/C19H28N2/c1-2-4-18-14-21(10-8-16(18)3-1)13-15-5-6-17-7-9-20-12-19(17)11-15/h5-6,11,16,18,20H,1-4,7-10,12-14H2. The minimum absolute atomic E-state index is 0.992. The van der Waals surface area contributed by atoms with Gasteiger partial charge in [0.15, 0.2) is 0 Å². The first-order chi connectivity index (χ1) is 10.4. The third-order valence-electron chi connectivity index (χ3n) is 5.94. The van der Waals surface area contributed by atoms with Crippen molar-refractivity contribution < 1.29 is 0 Å². The van der Waals surface area contributed by atoms with E-state index in [-0.39, 0.29) is 0 Å². The van der Waals surface area contributed by atoms with Crippen LogP contribution in [0.15, 0.2) is 18.2 Å². The van der Waals surface area contributed by atoms with Crippen molar-refractivity contribution in [3.63, 3.8) is 0 Å². The first-order valence-electron chi connectivity index (χ1n) is 8.92. The summed E-state index contributed by atoms with van der Waals surface area (Å²) in [5.41, 5.74) is 4.61. The first kappa shape index (κ1) is 13.8. The second-order valence-corrected chi connectivity index (χ2v) is 7.36. The fourth-order valence-electron chi connectivity index (χ4n) is 4.71. The highest BCUT2D eigenvalue weighted by atomic mass is 15.1. The van der Waals surface area contributed by atoms with E-state index in [1.54, 1.807) is 5.56 Å². The van der Waals surface area contributed by atoms with Crippen molar-refractivity contribution in [3.8, 4) is 0 Å². The summed E-state index contributed by atoms with van der Waals surface area (Å²) in [7, 11) is 0. The SMILES string of the molecule is c1cc2c(cc1CN1CCC3CCCCC3C1)CNCC2. The Balaban J connectivity index is 1.41. The number of hydrogen-bond acceptors (Lipinski definition) is 2. The molecule has 4 rings (SSSR count). The summed E-state index contributed by atoms with van der Waals surface area (Å²) >= 11 is 0. The van der Waals surface area contributed by atoms with Gasteiger partial charge in [-0.3, -0.25) is 4.90 Å². The molecule has 1 aromatic rings. The van der Waals surface area contributed by atoms with Gasteiger partial charge in [0.2, 0.25) is 0 Å². The Hall–Kier alpha value is -0.860. The monoisotopic (exact) mass is 284 g/mol. The van der Waals surface area contributed by atoms with E-state index in [4.69, 9.17) is 0 Å². The maximum atomic E-state index is 3.50. The van der Waals surface area contributed by atoms with Gasteiger partial charge in [-0.15, -0.1) is 0 Å². The van der Waals surface area contributed by atoms with E-state index in [9.17, 15) is 0 Å². The number of piperidine rings is 1. The minimum Gasteiger partial charge on any atom is -0.312 e. The van der Waals surface area contributed by atoms with Gasteiger partial charge in [0.25, 0.3) is 0 Å². The molecule has 1 saturated carbocycles. The number of fused-ring (bicyclic) bond motifs is 2. The highest BCUT2D eigenvalue weighted by molar-refractivity contribution is 5.33. The minimum atomic E-state index is 0.992. The molecule has 1 saturated heterocycles. The number of hydrogen-bond donors (Lipinski definition) is 1. The molecule has 1 aromatic carbocycles. The maximum Gasteiger partial charge on any atom is 0.0233 e. The van der Waals surface area contributed by atoms with Crippen molar-refractivity contribution in [1.82, 2.24) is 10.2 Å². The summed E-state index contributed by atoms with van der Waals surface area (Å²) in [5.74, 6) is 2.04. The number of benzene rings is 1. The van der Waals surface area contributed by atoms with Crippen molar-refractivity contribution >= 4 is 0 Å². The predicted octanol–water partition coefficient (Wildman–Crippen LogP) is 3.34. The molecule has 2 heterocycles. The van der Waals surface area contributed by atoms with Gasteiger partial charge >= 0.3 is 0 Å². The first-order valence-corrected chi connectivity index (χ1v) is 8.92. The summed E-state index contributed by atoms with van der Waals surface area (Å²) in [6.45, 7) is 6.03. The zero-order chi connectivity index (χ0) is 14.1. The molecule has 114 valence electrons. The van der Waals surface area contributed by atoms with E-state index in [1.807, 2.05) is 0 Å². The summed E-state index contributed by atoms with van der Waals surface area (Å²) in [6.07, 6.45) is 8.58. The van der Waals surface area contributed by atoms with E-state index in [1.165, 1.54) is 62.7 Å². The normalized spacial score (nSPS) is 29.7. The van der Waals surface area contributed by atoms with Crippen LogP contribution >= 0.6 is 0 Å². The van der Waals surface area contributed by atoms with Crippen LogP contribution in [0.3, 0.4) is 0 Å². The van der Waals surface area contributed by atoms with Crippen LogP contribution in [0.1, 0.15) is 48.8 Å².